The van der Waals surface area contributed by atoms with Gasteiger partial charge in [0.25, 0.3) is 0 Å². The third kappa shape index (κ3) is 5.23. The minimum absolute atomic E-state index is 0.00693. The summed E-state index contributed by atoms with van der Waals surface area (Å²) >= 11 is 0. The number of piperazine rings is 1. The lowest BCUT2D eigenvalue weighted by molar-refractivity contribution is -0.131. The van der Waals surface area contributed by atoms with Gasteiger partial charge in [0, 0.05) is 31.7 Å². The predicted octanol–water partition coefficient (Wildman–Crippen LogP) is 2.02. The largest absolute Gasteiger partial charge is 0.339 e. The first-order valence-corrected chi connectivity index (χ1v) is 7.84. The molecule has 0 atom stereocenters. The van der Waals surface area contributed by atoms with E-state index < -0.39 is 0 Å². The summed E-state index contributed by atoms with van der Waals surface area (Å²) in [6.07, 6.45) is 0.258. The van der Waals surface area contributed by atoms with Crippen molar-refractivity contribution in [3.05, 3.63) is 35.6 Å². The summed E-state index contributed by atoms with van der Waals surface area (Å²) in [4.78, 5) is 27.8. The molecule has 0 aliphatic carbocycles. The fourth-order valence-electron chi connectivity index (χ4n) is 2.45. The number of carbonyl (C=O) groups excluding carboxylic acids is 2. The van der Waals surface area contributed by atoms with Crippen molar-refractivity contribution >= 4 is 11.9 Å². The fourth-order valence-corrected chi connectivity index (χ4v) is 2.45. The average molecular weight is 321 g/mol. The van der Waals surface area contributed by atoms with Gasteiger partial charge in [-0.2, -0.15) is 0 Å². The van der Waals surface area contributed by atoms with Gasteiger partial charge in [-0.3, -0.25) is 4.79 Å². The van der Waals surface area contributed by atoms with Crippen LogP contribution in [0.5, 0.6) is 0 Å². The van der Waals surface area contributed by atoms with Gasteiger partial charge in [0.15, 0.2) is 0 Å². The van der Waals surface area contributed by atoms with Gasteiger partial charge in [-0.15, -0.1) is 0 Å². The molecule has 0 saturated carbocycles. The summed E-state index contributed by atoms with van der Waals surface area (Å²) in [6.45, 7) is 7.91. The van der Waals surface area contributed by atoms with Crippen molar-refractivity contribution in [2.75, 3.05) is 26.2 Å². The molecule has 0 bridgehead atoms. The Balaban J connectivity index is 1.83. The number of benzene rings is 1. The molecular weight excluding hydrogens is 297 g/mol. The molecule has 1 aliphatic rings. The van der Waals surface area contributed by atoms with Crippen LogP contribution in [-0.4, -0.2) is 53.5 Å². The second-order valence-corrected chi connectivity index (χ2v) is 6.85. The maximum atomic E-state index is 12.9. The van der Waals surface area contributed by atoms with Crippen molar-refractivity contribution in [3.63, 3.8) is 0 Å². The monoisotopic (exact) mass is 321 g/mol. The van der Waals surface area contributed by atoms with Gasteiger partial charge < -0.3 is 15.1 Å². The maximum absolute atomic E-state index is 12.9. The number of hydrogen-bond donors (Lipinski definition) is 1. The molecule has 2 rings (SSSR count). The molecule has 1 aromatic carbocycles. The van der Waals surface area contributed by atoms with Crippen molar-refractivity contribution in [2.45, 2.75) is 32.7 Å². The Morgan fingerprint density at radius 3 is 2.09 bits per heavy atom. The van der Waals surface area contributed by atoms with E-state index in [9.17, 15) is 14.0 Å². The summed E-state index contributed by atoms with van der Waals surface area (Å²) in [7, 11) is 0. The molecule has 3 amide bonds. The van der Waals surface area contributed by atoms with Crippen LogP contribution in [0, 0.1) is 5.82 Å². The molecule has 0 unspecified atom stereocenters. The standard InChI is InChI=1S/C17H24FN3O2/c1-17(2,3)19-16(23)21-10-8-20(9-11-21)15(22)12-13-4-6-14(18)7-5-13/h4-7H,8-12H2,1-3H3,(H,19,23). The van der Waals surface area contributed by atoms with Gasteiger partial charge in [0.1, 0.15) is 5.82 Å². The summed E-state index contributed by atoms with van der Waals surface area (Å²) in [5, 5.41) is 2.93. The minimum atomic E-state index is -0.306. The highest BCUT2D eigenvalue weighted by molar-refractivity contribution is 5.79. The normalized spacial score (nSPS) is 15.5. The zero-order valence-electron chi connectivity index (χ0n) is 13.9. The number of nitrogens with zero attached hydrogens (tertiary/aromatic N) is 2. The zero-order chi connectivity index (χ0) is 17.0. The van der Waals surface area contributed by atoms with E-state index in [0.29, 0.717) is 26.2 Å². The van der Waals surface area contributed by atoms with E-state index in [1.807, 2.05) is 20.8 Å². The van der Waals surface area contributed by atoms with E-state index in [-0.39, 0.29) is 29.7 Å². The lowest BCUT2D eigenvalue weighted by atomic mass is 10.1. The fraction of sp³-hybridized carbons (Fsp3) is 0.529. The molecule has 0 spiro atoms. The Morgan fingerprint density at radius 2 is 1.57 bits per heavy atom. The molecule has 0 aromatic heterocycles. The summed E-state index contributed by atoms with van der Waals surface area (Å²) in [6, 6.07) is 5.87. The van der Waals surface area contributed by atoms with Crippen molar-refractivity contribution in [3.8, 4) is 0 Å². The van der Waals surface area contributed by atoms with E-state index in [1.165, 1.54) is 12.1 Å². The molecule has 23 heavy (non-hydrogen) atoms. The number of amides is 3. The van der Waals surface area contributed by atoms with Crippen molar-refractivity contribution in [2.24, 2.45) is 0 Å². The Hall–Kier alpha value is -2.11. The van der Waals surface area contributed by atoms with Crippen LogP contribution in [0.4, 0.5) is 9.18 Å². The van der Waals surface area contributed by atoms with E-state index in [1.54, 1.807) is 21.9 Å². The Bertz CT molecular complexity index is 558. The van der Waals surface area contributed by atoms with Crippen molar-refractivity contribution < 1.29 is 14.0 Å². The Labute approximate surface area is 136 Å². The van der Waals surface area contributed by atoms with Crippen LogP contribution in [0.3, 0.4) is 0 Å². The van der Waals surface area contributed by atoms with E-state index in [0.717, 1.165) is 5.56 Å². The number of nitrogens with one attached hydrogen (secondary N) is 1. The summed E-state index contributed by atoms with van der Waals surface area (Å²) < 4.78 is 12.9. The van der Waals surface area contributed by atoms with E-state index >= 15 is 0 Å². The van der Waals surface area contributed by atoms with E-state index in [4.69, 9.17) is 0 Å². The third-order valence-electron chi connectivity index (χ3n) is 3.67. The van der Waals surface area contributed by atoms with Crippen LogP contribution in [-0.2, 0) is 11.2 Å². The first-order valence-electron chi connectivity index (χ1n) is 7.84. The quantitative estimate of drug-likeness (QED) is 0.906. The summed E-state index contributed by atoms with van der Waals surface area (Å²) in [5.74, 6) is -0.299. The van der Waals surface area contributed by atoms with Gasteiger partial charge in [0.05, 0.1) is 6.42 Å². The molecule has 1 heterocycles. The number of hydrogen-bond acceptors (Lipinski definition) is 2. The van der Waals surface area contributed by atoms with Crippen LogP contribution in [0.1, 0.15) is 26.3 Å². The first kappa shape index (κ1) is 17.2. The van der Waals surface area contributed by atoms with E-state index in [2.05, 4.69) is 5.32 Å². The average Bonchev–Trinajstić information content (AvgIpc) is 2.48. The second-order valence-electron chi connectivity index (χ2n) is 6.85. The molecular formula is C17H24FN3O2. The SMILES string of the molecule is CC(C)(C)NC(=O)N1CCN(C(=O)Cc2ccc(F)cc2)CC1. The summed E-state index contributed by atoms with van der Waals surface area (Å²) in [5.41, 5.74) is 0.524. The molecule has 1 fully saturated rings. The third-order valence-corrected chi connectivity index (χ3v) is 3.67. The number of urea groups is 1. The smallest absolute Gasteiger partial charge is 0.317 e. The highest BCUT2D eigenvalue weighted by Crippen LogP contribution is 2.09. The maximum Gasteiger partial charge on any atom is 0.317 e. The van der Waals surface area contributed by atoms with Gasteiger partial charge >= 0.3 is 6.03 Å². The Morgan fingerprint density at radius 1 is 1.04 bits per heavy atom. The predicted molar refractivity (Wildman–Crippen MR) is 86.5 cm³/mol. The molecule has 1 aromatic rings. The first-order chi connectivity index (χ1) is 10.7. The molecule has 6 heteroatoms. The molecule has 5 nitrogen and oxygen atoms in total. The van der Waals surface area contributed by atoms with Crippen LogP contribution >= 0.6 is 0 Å². The highest BCUT2D eigenvalue weighted by Gasteiger charge is 2.26. The lowest BCUT2D eigenvalue weighted by Crippen LogP contribution is -2.56. The van der Waals surface area contributed by atoms with Gasteiger partial charge in [0.2, 0.25) is 5.91 Å². The molecule has 1 saturated heterocycles. The lowest BCUT2D eigenvalue weighted by Gasteiger charge is -2.36. The number of carbonyl (C=O) groups is 2. The van der Waals surface area contributed by atoms with Crippen LogP contribution in [0.25, 0.3) is 0 Å². The second kappa shape index (κ2) is 6.98. The molecule has 1 aliphatic heterocycles. The van der Waals surface area contributed by atoms with Crippen LogP contribution in [0.15, 0.2) is 24.3 Å². The molecule has 126 valence electrons. The van der Waals surface area contributed by atoms with Gasteiger partial charge in [-0.1, -0.05) is 12.1 Å². The minimum Gasteiger partial charge on any atom is -0.339 e. The molecule has 1 N–H and O–H groups in total. The molecule has 0 radical (unpaired) electrons. The zero-order valence-corrected chi connectivity index (χ0v) is 13.9. The number of rotatable bonds is 2. The van der Waals surface area contributed by atoms with Crippen molar-refractivity contribution in [1.29, 1.82) is 0 Å². The Kier molecular flexibility index (Phi) is 5.23. The highest BCUT2D eigenvalue weighted by atomic mass is 19.1. The van der Waals surface area contributed by atoms with Crippen molar-refractivity contribution in [1.82, 2.24) is 15.1 Å². The van der Waals surface area contributed by atoms with Crippen LogP contribution < -0.4 is 5.32 Å². The van der Waals surface area contributed by atoms with Gasteiger partial charge in [-0.05, 0) is 38.5 Å². The van der Waals surface area contributed by atoms with Crippen LogP contribution in [0.2, 0.25) is 0 Å². The topological polar surface area (TPSA) is 52.7 Å². The number of halogens is 1. The van der Waals surface area contributed by atoms with Gasteiger partial charge in [-0.25, -0.2) is 9.18 Å².